The molecule has 0 aliphatic rings. The molecule has 0 N–H and O–H groups in total. The lowest BCUT2D eigenvalue weighted by Crippen LogP contribution is -1.98. The maximum Gasteiger partial charge on any atom is 0.136 e. The number of halogens is 2. The van der Waals surface area contributed by atoms with Crippen LogP contribution in [0, 0.1) is 5.82 Å². The van der Waals surface area contributed by atoms with E-state index in [-0.39, 0.29) is 5.82 Å². The van der Waals surface area contributed by atoms with Gasteiger partial charge in [-0.25, -0.2) is 4.39 Å². The Bertz CT molecular complexity index is 315. The van der Waals surface area contributed by atoms with Gasteiger partial charge in [0.15, 0.2) is 0 Å². The molecule has 0 spiro atoms. The third kappa shape index (κ3) is 4.97. The van der Waals surface area contributed by atoms with Crippen LogP contribution in [0.3, 0.4) is 0 Å². The summed E-state index contributed by atoms with van der Waals surface area (Å²) in [4.78, 5) is 0. The molecule has 0 saturated carbocycles. The quantitative estimate of drug-likeness (QED) is 0.646. The van der Waals surface area contributed by atoms with E-state index in [2.05, 4.69) is 22.9 Å². The Labute approximate surface area is 105 Å². The van der Waals surface area contributed by atoms with Gasteiger partial charge in [-0.05, 0) is 34.5 Å². The first-order valence-corrected chi connectivity index (χ1v) is 6.61. The summed E-state index contributed by atoms with van der Waals surface area (Å²) in [6.45, 7) is 2.85. The molecule has 90 valence electrons. The second kappa shape index (κ2) is 7.66. The van der Waals surface area contributed by atoms with Gasteiger partial charge < -0.3 is 4.74 Å². The maximum absolute atomic E-state index is 12.9. The van der Waals surface area contributed by atoms with Crippen molar-refractivity contribution < 1.29 is 9.13 Å². The summed E-state index contributed by atoms with van der Waals surface area (Å²) >= 11 is 3.33. The minimum absolute atomic E-state index is 0.260. The van der Waals surface area contributed by atoms with Crippen molar-refractivity contribution in [1.82, 2.24) is 0 Å². The fraction of sp³-hybridized carbons (Fsp3) is 0.538. The van der Waals surface area contributed by atoms with E-state index in [1.165, 1.54) is 37.8 Å². The molecule has 1 nitrogen and oxygen atoms in total. The molecule has 0 heterocycles. The lowest BCUT2D eigenvalue weighted by atomic mass is 10.2. The Morgan fingerprint density at radius 2 is 1.94 bits per heavy atom. The van der Waals surface area contributed by atoms with Crippen LogP contribution in [0.1, 0.15) is 39.0 Å². The summed E-state index contributed by atoms with van der Waals surface area (Å²) in [7, 11) is 0. The normalized spacial score (nSPS) is 10.4. The molecule has 0 aliphatic heterocycles. The number of rotatable bonds is 7. The van der Waals surface area contributed by atoms with Crippen LogP contribution in [-0.4, -0.2) is 6.61 Å². The molecule has 1 aromatic carbocycles. The molecule has 3 heteroatoms. The van der Waals surface area contributed by atoms with Gasteiger partial charge in [0.25, 0.3) is 0 Å². The van der Waals surface area contributed by atoms with Crippen LogP contribution in [-0.2, 0) is 0 Å². The fourth-order valence-electron chi connectivity index (χ4n) is 1.48. The van der Waals surface area contributed by atoms with E-state index in [0.717, 1.165) is 10.9 Å². The van der Waals surface area contributed by atoms with Crippen molar-refractivity contribution >= 4 is 15.9 Å². The van der Waals surface area contributed by atoms with Crippen LogP contribution in [0.25, 0.3) is 0 Å². The lowest BCUT2D eigenvalue weighted by Gasteiger charge is -2.07. The Balaban J connectivity index is 2.23. The third-order valence-corrected chi connectivity index (χ3v) is 3.05. The van der Waals surface area contributed by atoms with Crippen molar-refractivity contribution in [1.29, 1.82) is 0 Å². The zero-order valence-corrected chi connectivity index (χ0v) is 11.2. The van der Waals surface area contributed by atoms with Gasteiger partial charge in [0.05, 0.1) is 11.1 Å². The van der Waals surface area contributed by atoms with Gasteiger partial charge in [-0.1, -0.05) is 32.6 Å². The standard InChI is InChI=1S/C13H18BrFO/c1-2-3-4-5-6-9-16-13-10-11(15)7-8-12(13)14/h7-8,10H,2-6,9H2,1H3. The van der Waals surface area contributed by atoms with Crippen LogP contribution >= 0.6 is 15.9 Å². The van der Waals surface area contributed by atoms with Crippen molar-refractivity contribution in [3.05, 3.63) is 28.5 Å². The largest absolute Gasteiger partial charge is 0.492 e. The van der Waals surface area contributed by atoms with Gasteiger partial charge in [0, 0.05) is 6.07 Å². The average Bonchev–Trinajstić information content (AvgIpc) is 2.28. The zero-order chi connectivity index (χ0) is 11.8. The van der Waals surface area contributed by atoms with Gasteiger partial charge in [0.2, 0.25) is 0 Å². The summed E-state index contributed by atoms with van der Waals surface area (Å²) in [5.41, 5.74) is 0. The average molecular weight is 289 g/mol. The fourth-order valence-corrected chi connectivity index (χ4v) is 1.84. The van der Waals surface area contributed by atoms with E-state index in [1.807, 2.05) is 0 Å². The third-order valence-electron chi connectivity index (χ3n) is 2.40. The monoisotopic (exact) mass is 288 g/mol. The molecular formula is C13H18BrFO. The molecule has 1 aromatic rings. The van der Waals surface area contributed by atoms with Crippen molar-refractivity contribution in [2.75, 3.05) is 6.61 Å². The van der Waals surface area contributed by atoms with Crippen LogP contribution in [0.15, 0.2) is 22.7 Å². The maximum atomic E-state index is 12.9. The summed E-state index contributed by atoms with van der Waals surface area (Å²) in [6, 6.07) is 4.50. The summed E-state index contributed by atoms with van der Waals surface area (Å²) in [6.07, 6.45) is 5.99. The van der Waals surface area contributed by atoms with Crippen molar-refractivity contribution in [2.45, 2.75) is 39.0 Å². The lowest BCUT2D eigenvalue weighted by molar-refractivity contribution is 0.301. The van der Waals surface area contributed by atoms with Gasteiger partial charge in [0.1, 0.15) is 11.6 Å². The summed E-state index contributed by atoms with van der Waals surface area (Å²) in [5, 5.41) is 0. The molecule has 0 radical (unpaired) electrons. The predicted octanol–water partition coefficient (Wildman–Crippen LogP) is 4.94. The molecule has 0 aromatic heterocycles. The van der Waals surface area contributed by atoms with Gasteiger partial charge >= 0.3 is 0 Å². The molecule has 0 aliphatic carbocycles. The predicted molar refractivity (Wildman–Crippen MR) is 68.4 cm³/mol. The van der Waals surface area contributed by atoms with E-state index in [0.29, 0.717) is 12.4 Å². The molecule has 0 amide bonds. The molecular weight excluding hydrogens is 271 g/mol. The first-order valence-electron chi connectivity index (χ1n) is 5.82. The number of benzene rings is 1. The summed E-state index contributed by atoms with van der Waals surface area (Å²) < 4.78 is 19.2. The van der Waals surface area contributed by atoms with E-state index in [4.69, 9.17) is 4.74 Å². The Kier molecular flexibility index (Phi) is 6.46. The number of ether oxygens (including phenoxy) is 1. The highest BCUT2D eigenvalue weighted by Gasteiger charge is 2.02. The van der Waals surface area contributed by atoms with Crippen molar-refractivity contribution in [3.63, 3.8) is 0 Å². The minimum Gasteiger partial charge on any atom is -0.492 e. The van der Waals surface area contributed by atoms with Crippen molar-refractivity contribution in [2.24, 2.45) is 0 Å². The first kappa shape index (κ1) is 13.5. The first-order chi connectivity index (χ1) is 7.74. The van der Waals surface area contributed by atoms with Gasteiger partial charge in [-0.2, -0.15) is 0 Å². The molecule has 16 heavy (non-hydrogen) atoms. The van der Waals surface area contributed by atoms with E-state index in [9.17, 15) is 4.39 Å². The second-order valence-electron chi connectivity index (χ2n) is 3.84. The Hall–Kier alpha value is -0.570. The molecule has 0 atom stereocenters. The molecule has 0 saturated heterocycles. The Morgan fingerprint density at radius 1 is 1.19 bits per heavy atom. The van der Waals surface area contributed by atoms with Gasteiger partial charge in [-0.15, -0.1) is 0 Å². The smallest absolute Gasteiger partial charge is 0.136 e. The number of hydrogen-bond donors (Lipinski definition) is 0. The van der Waals surface area contributed by atoms with Crippen LogP contribution in [0.2, 0.25) is 0 Å². The topological polar surface area (TPSA) is 9.23 Å². The van der Waals surface area contributed by atoms with E-state index >= 15 is 0 Å². The highest BCUT2D eigenvalue weighted by atomic mass is 79.9. The van der Waals surface area contributed by atoms with Crippen molar-refractivity contribution in [3.8, 4) is 5.75 Å². The minimum atomic E-state index is -0.260. The highest BCUT2D eigenvalue weighted by molar-refractivity contribution is 9.10. The number of unbranched alkanes of at least 4 members (excludes halogenated alkanes) is 4. The highest BCUT2D eigenvalue weighted by Crippen LogP contribution is 2.25. The van der Waals surface area contributed by atoms with Crippen LogP contribution < -0.4 is 4.74 Å². The molecule has 1 rings (SSSR count). The zero-order valence-electron chi connectivity index (χ0n) is 9.64. The van der Waals surface area contributed by atoms with Crippen LogP contribution in [0.4, 0.5) is 4.39 Å². The molecule has 0 fully saturated rings. The van der Waals surface area contributed by atoms with Gasteiger partial charge in [-0.3, -0.25) is 0 Å². The summed E-state index contributed by atoms with van der Waals surface area (Å²) in [5.74, 6) is 0.333. The van der Waals surface area contributed by atoms with E-state index < -0.39 is 0 Å². The molecule has 0 unspecified atom stereocenters. The Morgan fingerprint density at radius 3 is 2.69 bits per heavy atom. The second-order valence-corrected chi connectivity index (χ2v) is 4.69. The SMILES string of the molecule is CCCCCCCOc1cc(F)ccc1Br. The molecule has 0 bridgehead atoms. The number of hydrogen-bond acceptors (Lipinski definition) is 1. The van der Waals surface area contributed by atoms with E-state index in [1.54, 1.807) is 6.07 Å². The van der Waals surface area contributed by atoms with Crippen LogP contribution in [0.5, 0.6) is 5.75 Å².